The second kappa shape index (κ2) is 7.98. The number of nitrogens with zero attached hydrogens (tertiary/aromatic N) is 3. The quantitative estimate of drug-likeness (QED) is 0.481. The molecule has 2 aliphatic rings. The molecule has 152 valence electrons. The van der Waals surface area contributed by atoms with E-state index in [1.807, 2.05) is 11.8 Å². The van der Waals surface area contributed by atoms with Crippen LogP contribution in [0.5, 0.6) is 11.5 Å². The summed E-state index contributed by atoms with van der Waals surface area (Å²) in [5.41, 5.74) is 0.641. The van der Waals surface area contributed by atoms with E-state index in [-0.39, 0.29) is 11.4 Å². The first-order valence-corrected chi connectivity index (χ1v) is 10.2. The number of alkyl halides is 3. The Balaban J connectivity index is 1.67. The van der Waals surface area contributed by atoms with Crippen LogP contribution in [-0.4, -0.2) is 35.9 Å². The Bertz CT molecular complexity index is 975. The summed E-state index contributed by atoms with van der Waals surface area (Å²) in [6.07, 6.45) is -1.98. The molecule has 2 aromatic carbocycles. The summed E-state index contributed by atoms with van der Waals surface area (Å²) in [7, 11) is 0. The molecule has 0 saturated heterocycles. The lowest BCUT2D eigenvalue weighted by Gasteiger charge is -2.22. The van der Waals surface area contributed by atoms with E-state index in [4.69, 9.17) is 4.74 Å². The van der Waals surface area contributed by atoms with Crippen LogP contribution in [0, 0.1) is 0 Å². The zero-order valence-corrected chi connectivity index (χ0v) is 16.5. The topological polar surface area (TPSA) is 49.2 Å². The lowest BCUT2D eigenvalue weighted by atomic mass is 10.1. The summed E-state index contributed by atoms with van der Waals surface area (Å²) in [5.74, 6) is 1.53. The van der Waals surface area contributed by atoms with E-state index >= 15 is 0 Å². The van der Waals surface area contributed by atoms with Gasteiger partial charge in [-0.25, -0.2) is 4.99 Å². The van der Waals surface area contributed by atoms with E-state index in [1.165, 1.54) is 24.1 Å². The molecule has 0 radical (unpaired) electrons. The molecule has 2 aliphatic heterocycles. The Morgan fingerprint density at radius 2 is 2.10 bits per heavy atom. The van der Waals surface area contributed by atoms with Crippen molar-refractivity contribution in [3.05, 3.63) is 47.5 Å². The second-order valence-corrected chi connectivity index (χ2v) is 7.45. The first-order chi connectivity index (χ1) is 14.0. The van der Waals surface area contributed by atoms with Crippen LogP contribution in [-0.2, 0) is 6.18 Å². The van der Waals surface area contributed by atoms with Gasteiger partial charge in [0.2, 0.25) is 0 Å². The average Bonchev–Trinajstić information content (AvgIpc) is 3.17. The molecule has 9 heteroatoms. The summed E-state index contributed by atoms with van der Waals surface area (Å²) in [4.78, 5) is 10.8. The smallest absolute Gasteiger partial charge is 0.422 e. The first kappa shape index (κ1) is 19.6. The maximum atomic E-state index is 13.8. The molecule has 2 heterocycles. The van der Waals surface area contributed by atoms with Crippen molar-refractivity contribution < 1.29 is 17.9 Å². The van der Waals surface area contributed by atoms with E-state index in [0.717, 1.165) is 30.1 Å². The molecule has 29 heavy (non-hydrogen) atoms. The third kappa shape index (κ3) is 4.05. The van der Waals surface area contributed by atoms with Gasteiger partial charge in [0.15, 0.2) is 0 Å². The van der Waals surface area contributed by atoms with Crippen LogP contribution < -0.4 is 9.46 Å². The summed E-state index contributed by atoms with van der Waals surface area (Å²) in [6, 6.07) is 9.32. The van der Waals surface area contributed by atoms with E-state index in [1.54, 1.807) is 30.6 Å². The highest BCUT2D eigenvalue weighted by Gasteiger charge is 2.38. The fourth-order valence-electron chi connectivity index (χ4n) is 3.17. The van der Waals surface area contributed by atoms with E-state index in [0.29, 0.717) is 18.0 Å². The summed E-state index contributed by atoms with van der Waals surface area (Å²) in [5, 5.41) is 0. The molecule has 4 rings (SSSR count). The van der Waals surface area contributed by atoms with Gasteiger partial charge in [-0.2, -0.15) is 13.2 Å². The fourth-order valence-corrected chi connectivity index (χ4v) is 3.80. The molecule has 2 aromatic rings. The minimum atomic E-state index is -4.56. The fraction of sp³-hybridized carbons (Fsp3) is 0.300. The van der Waals surface area contributed by atoms with Gasteiger partial charge in [0, 0.05) is 17.9 Å². The van der Waals surface area contributed by atoms with Gasteiger partial charge in [-0.15, -0.1) is 0 Å². The van der Waals surface area contributed by atoms with Gasteiger partial charge >= 0.3 is 6.18 Å². The number of amidine groups is 1. The Kier molecular flexibility index (Phi) is 5.40. The molecule has 0 fully saturated rings. The van der Waals surface area contributed by atoms with Crippen molar-refractivity contribution in [2.24, 2.45) is 9.98 Å². The van der Waals surface area contributed by atoms with E-state index in [2.05, 4.69) is 14.7 Å². The molecule has 0 atom stereocenters. The molecule has 0 spiro atoms. The van der Waals surface area contributed by atoms with Crippen molar-refractivity contribution in [2.45, 2.75) is 19.5 Å². The molecule has 0 saturated carbocycles. The number of fused-ring (bicyclic) bond motifs is 3. The van der Waals surface area contributed by atoms with Gasteiger partial charge < -0.3 is 14.4 Å². The van der Waals surface area contributed by atoms with Crippen molar-refractivity contribution in [3.63, 3.8) is 0 Å². The zero-order chi connectivity index (χ0) is 20.4. The summed E-state index contributed by atoms with van der Waals surface area (Å²) in [6.45, 7) is 3.37. The largest absolute Gasteiger partial charge is 0.457 e. The van der Waals surface area contributed by atoms with Crippen LogP contribution >= 0.6 is 11.9 Å². The average molecular weight is 420 g/mol. The van der Waals surface area contributed by atoms with Crippen LogP contribution in [0.15, 0.2) is 46.4 Å². The Morgan fingerprint density at radius 3 is 2.90 bits per heavy atom. The molecule has 0 aliphatic carbocycles. The lowest BCUT2D eigenvalue weighted by molar-refractivity contribution is -0.137. The van der Waals surface area contributed by atoms with Crippen molar-refractivity contribution in [1.29, 1.82) is 0 Å². The number of nitrogens with one attached hydrogen (secondary N) is 1. The van der Waals surface area contributed by atoms with Crippen molar-refractivity contribution in [2.75, 3.05) is 23.6 Å². The molecule has 0 unspecified atom stereocenters. The Hall–Kier alpha value is -2.68. The normalized spacial score (nSPS) is 15.0. The minimum absolute atomic E-state index is 0.0117. The van der Waals surface area contributed by atoms with Gasteiger partial charge in [-0.1, -0.05) is 24.9 Å². The predicted molar refractivity (Wildman–Crippen MR) is 111 cm³/mol. The molecular weight excluding hydrogens is 401 g/mol. The highest BCUT2D eigenvalue weighted by molar-refractivity contribution is 8.00. The third-order valence-corrected chi connectivity index (χ3v) is 5.42. The monoisotopic (exact) mass is 420 g/mol. The Labute approximate surface area is 170 Å². The minimum Gasteiger partial charge on any atom is -0.457 e. The number of benzene rings is 2. The van der Waals surface area contributed by atoms with Gasteiger partial charge in [0.05, 0.1) is 24.3 Å². The number of halogens is 3. The van der Waals surface area contributed by atoms with Crippen molar-refractivity contribution in [3.8, 4) is 11.5 Å². The molecular formula is C20H19F3N4OS. The molecule has 0 amide bonds. The van der Waals surface area contributed by atoms with Crippen LogP contribution in [0.1, 0.15) is 24.5 Å². The van der Waals surface area contributed by atoms with Crippen LogP contribution in [0.25, 0.3) is 0 Å². The van der Waals surface area contributed by atoms with E-state index < -0.39 is 11.7 Å². The van der Waals surface area contributed by atoms with Gasteiger partial charge in [0.1, 0.15) is 22.9 Å². The van der Waals surface area contributed by atoms with Crippen LogP contribution in [0.3, 0.4) is 0 Å². The molecule has 0 bridgehead atoms. The summed E-state index contributed by atoms with van der Waals surface area (Å²) >= 11 is 1.24. The SMILES string of the molecule is CCCSNc1cccc(Oc2ccc3c(c2)C2=NCCN2C=N3)c1C(F)(F)F. The molecule has 1 N–H and O–H groups in total. The number of aliphatic imine (C=N–C) groups is 2. The second-order valence-electron chi connectivity index (χ2n) is 6.55. The number of rotatable bonds is 6. The predicted octanol–water partition coefficient (Wildman–Crippen LogP) is 5.70. The highest BCUT2D eigenvalue weighted by atomic mass is 32.2. The van der Waals surface area contributed by atoms with Crippen LogP contribution in [0.4, 0.5) is 24.5 Å². The number of ether oxygens (including phenoxy) is 1. The van der Waals surface area contributed by atoms with Crippen molar-refractivity contribution >= 4 is 35.5 Å². The molecule has 0 aromatic heterocycles. The molecule has 5 nitrogen and oxygen atoms in total. The van der Waals surface area contributed by atoms with Crippen molar-refractivity contribution in [1.82, 2.24) is 4.90 Å². The number of hydrogen-bond acceptors (Lipinski definition) is 6. The lowest BCUT2D eigenvalue weighted by Crippen LogP contribution is -2.29. The number of hydrogen-bond donors (Lipinski definition) is 1. The zero-order valence-electron chi connectivity index (χ0n) is 15.7. The Morgan fingerprint density at radius 1 is 1.24 bits per heavy atom. The summed E-state index contributed by atoms with van der Waals surface area (Å²) < 4.78 is 49.9. The van der Waals surface area contributed by atoms with E-state index in [9.17, 15) is 13.2 Å². The maximum Gasteiger partial charge on any atom is 0.422 e. The van der Waals surface area contributed by atoms with Crippen LogP contribution in [0.2, 0.25) is 0 Å². The maximum absolute atomic E-state index is 13.8. The third-order valence-electron chi connectivity index (χ3n) is 4.45. The van der Waals surface area contributed by atoms with Gasteiger partial charge in [-0.05, 0) is 36.8 Å². The standard InChI is InChI=1S/C20H19F3N4OS/c1-2-10-29-26-16-4-3-5-17(18(16)20(21,22)23)28-13-6-7-15-14(11-13)19-24-8-9-27(19)12-25-15/h3-7,11-12,26H,2,8-10H2,1H3. The van der Waals surface area contributed by atoms with Gasteiger partial charge in [-0.3, -0.25) is 4.99 Å². The highest BCUT2D eigenvalue weighted by Crippen LogP contribution is 2.44. The number of anilines is 1. The first-order valence-electron chi connectivity index (χ1n) is 9.23. The van der Waals surface area contributed by atoms with Gasteiger partial charge in [0.25, 0.3) is 0 Å².